The minimum atomic E-state index is -1.08. The van der Waals surface area contributed by atoms with Gasteiger partial charge in [-0.05, 0) is 99.2 Å². The molecule has 0 amide bonds. The van der Waals surface area contributed by atoms with Gasteiger partial charge in [-0.15, -0.1) is 0 Å². The van der Waals surface area contributed by atoms with Crippen molar-refractivity contribution in [2.75, 3.05) is 20.0 Å². The van der Waals surface area contributed by atoms with Gasteiger partial charge >= 0.3 is 0 Å². The molecule has 190 valence electrons. The average Bonchev–Trinajstić information content (AvgIpc) is 3.38. The molecule has 1 aromatic rings. The number of Topliss-reactive ketones (excluding diaryl/α,β-unsaturated/α-hetero) is 1. The first-order valence-corrected chi connectivity index (χ1v) is 14.8. The molecular weight excluding hydrogens is 448 g/mol. The summed E-state index contributed by atoms with van der Waals surface area (Å²) in [4.78, 5) is 14.2. The highest BCUT2D eigenvalue weighted by Crippen LogP contribution is 2.68. The maximum absolute atomic E-state index is 13.5. The summed E-state index contributed by atoms with van der Waals surface area (Å²) < 4.78 is 19.3. The molecule has 4 saturated carbocycles. The Hall–Kier alpha value is -1.05. The van der Waals surface area contributed by atoms with E-state index in [0.717, 1.165) is 45.1 Å². The summed E-state index contributed by atoms with van der Waals surface area (Å²) in [6.07, 6.45) is 14.6. The Morgan fingerprint density at radius 2 is 1.97 bits per heavy atom. The van der Waals surface area contributed by atoms with Crippen LogP contribution in [0.2, 0.25) is 0 Å². The van der Waals surface area contributed by atoms with Crippen molar-refractivity contribution in [3.05, 3.63) is 12.4 Å². The molecule has 0 bridgehead atoms. The lowest BCUT2D eigenvalue weighted by atomic mass is 9.43. The Balaban J connectivity index is 1.35. The van der Waals surface area contributed by atoms with Crippen LogP contribution in [0.1, 0.15) is 71.6 Å². The number of nitrogens with zero attached hydrogens (tertiary/aromatic N) is 2. The van der Waals surface area contributed by atoms with E-state index in [9.17, 15) is 14.1 Å². The minimum Gasteiger partial charge on any atom is -0.390 e. The number of carbonyl (C=O) groups is 1. The van der Waals surface area contributed by atoms with E-state index >= 15 is 0 Å². The van der Waals surface area contributed by atoms with Crippen molar-refractivity contribution in [2.45, 2.75) is 88.7 Å². The van der Waals surface area contributed by atoms with E-state index in [0.29, 0.717) is 28.6 Å². The summed E-state index contributed by atoms with van der Waals surface area (Å²) >= 11 is 0. The fraction of sp³-hybridized carbons (Fsp3) is 0.852. The quantitative estimate of drug-likeness (QED) is 0.646. The first-order valence-electron chi connectivity index (χ1n) is 13.2. The summed E-state index contributed by atoms with van der Waals surface area (Å²) in [5, 5.41) is 15.1. The lowest BCUT2D eigenvalue weighted by molar-refractivity contribution is -0.175. The number of ether oxygens (including phenoxy) is 1. The van der Waals surface area contributed by atoms with Crippen molar-refractivity contribution >= 4 is 16.6 Å². The highest BCUT2D eigenvalue weighted by Gasteiger charge is 2.63. The fourth-order valence-corrected chi connectivity index (χ4v) is 9.63. The van der Waals surface area contributed by atoms with Gasteiger partial charge in [-0.1, -0.05) is 6.92 Å². The summed E-state index contributed by atoms with van der Waals surface area (Å²) in [6, 6.07) is 0. The summed E-state index contributed by atoms with van der Waals surface area (Å²) in [5.41, 5.74) is -0.298. The Morgan fingerprint density at radius 1 is 1.18 bits per heavy atom. The molecular formula is C27H42N2O4S. The molecule has 5 rings (SSSR count). The Morgan fingerprint density at radius 3 is 2.68 bits per heavy atom. The molecule has 0 aromatic carbocycles. The molecule has 4 aliphatic carbocycles. The van der Waals surface area contributed by atoms with Crippen molar-refractivity contribution in [1.82, 2.24) is 9.78 Å². The molecule has 1 aromatic heterocycles. The van der Waals surface area contributed by atoms with E-state index in [1.807, 2.05) is 14.0 Å². The van der Waals surface area contributed by atoms with Gasteiger partial charge < -0.3 is 9.84 Å². The van der Waals surface area contributed by atoms with Gasteiger partial charge in [0.2, 0.25) is 0 Å². The average molecular weight is 491 g/mol. The lowest BCUT2D eigenvalue weighted by Crippen LogP contribution is -2.58. The normalized spacial score (nSPS) is 44.7. The number of hydrogen-bond donors (Lipinski definition) is 1. The zero-order valence-electron chi connectivity index (χ0n) is 21.3. The van der Waals surface area contributed by atoms with Crippen LogP contribution in [0.5, 0.6) is 0 Å². The van der Waals surface area contributed by atoms with E-state index in [2.05, 4.69) is 12.0 Å². The van der Waals surface area contributed by atoms with Gasteiger partial charge in [-0.2, -0.15) is 5.10 Å². The maximum Gasteiger partial charge on any atom is 0.157 e. The van der Waals surface area contributed by atoms with Gasteiger partial charge in [-0.25, -0.2) is 0 Å². The van der Waals surface area contributed by atoms with Crippen molar-refractivity contribution in [1.29, 1.82) is 0 Å². The largest absolute Gasteiger partial charge is 0.390 e. The molecule has 0 radical (unpaired) electrons. The smallest absolute Gasteiger partial charge is 0.157 e. The number of aromatic nitrogens is 2. The van der Waals surface area contributed by atoms with Crippen LogP contribution in [0.15, 0.2) is 17.3 Å². The Kier molecular flexibility index (Phi) is 6.38. The number of fused-ring (bicyclic) bond motifs is 5. The molecule has 0 saturated heterocycles. The summed E-state index contributed by atoms with van der Waals surface area (Å²) in [6.45, 7) is 5.49. The van der Waals surface area contributed by atoms with Crippen LogP contribution >= 0.6 is 0 Å². The first-order chi connectivity index (χ1) is 16.1. The second kappa shape index (κ2) is 8.81. The SMILES string of the molecule is COC[C@]12CC[C@@](C)(O)C[C@@H]1CC[C@H]1[C@@H]3CC[C@H](C(=O)Cn4cc(S(C)=O)cn4)[C@@]3(C)CC[C@@H]12. The molecule has 0 spiro atoms. The van der Waals surface area contributed by atoms with Crippen LogP contribution in [-0.4, -0.2) is 50.5 Å². The van der Waals surface area contributed by atoms with Crippen molar-refractivity contribution in [3.63, 3.8) is 0 Å². The van der Waals surface area contributed by atoms with Crippen molar-refractivity contribution in [3.8, 4) is 0 Å². The molecule has 1 unspecified atom stereocenters. The van der Waals surface area contributed by atoms with E-state index < -0.39 is 16.4 Å². The van der Waals surface area contributed by atoms with Crippen LogP contribution in [0, 0.1) is 40.4 Å². The zero-order chi connectivity index (χ0) is 24.3. The van der Waals surface area contributed by atoms with Crippen LogP contribution < -0.4 is 0 Å². The zero-order valence-corrected chi connectivity index (χ0v) is 22.1. The van der Waals surface area contributed by atoms with Crippen molar-refractivity contribution < 1.29 is 18.8 Å². The monoisotopic (exact) mass is 490 g/mol. The molecule has 1 heterocycles. The second-order valence-corrected chi connectivity index (χ2v) is 13.9. The molecule has 34 heavy (non-hydrogen) atoms. The molecule has 4 aliphatic rings. The third-order valence-corrected chi connectivity index (χ3v) is 11.6. The maximum atomic E-state index is 13.5. The first kappa shape index (κ1) is 24.6. The Labute approximate surface area is 206 Å². The number of rotatable bonds is 6. The van der Waals surface area contributed by atoms with Gasteiger partial charge in [0.05, 0.1) is 40.6 Å². The van der Waals surface area contributed by atoms with Crippen LogP contribution in [0.4, 0.5) is 0 Å². The predicted octanol–water partition coefficient (Wildman–Crippen LogP) is 4.23. The van der Waals surface area contributed by atoms with E-state index in [1.165, 1.54) is 19.3 Å². The van der Waals surface area contributed by atoms with Gasteiger partial charge in [-0.3, -0.25) is 13.7 Å². The molecule has 7 heteroatoms. The summed E-state index contributed by atoms with van der Waals surface area (Å²) in [7, 11) is 0.762. The predicted molar refractivity (Wildman–Crippen MR) is 132 cm³/mol. The topological polar surface area (TPSA) is 81.4 Å². The highest BCUT2D eigenvalue weighted by atomic mass is 32.2. The molecule has 6 nitrogen and oxygen atoms in total. The van der Waals surface area contributed by atoms with E-state index in [4.69, 9.17) is 4.74 Å². The summed E-state index contributed by atoms with van der Waals surface area (Å²) in [5.74, 6) is 2.80. The second-order valence-electron chi connectivity index (χ2n) is 12.5. The van der Waals surface area contributed by atoms with Gasteiger partial charge in [0.15, 0.2) is 5.78 Å². The van der Waals surface area contributed by atoms with E-state index in [-0.39, 0.29) is 29.1 Å². The van der Waals surface area contributed by atoms with Crippen LogP contribution in [0.25, 0.3) is 0 Å². The Bertz CT molecular complexity index is 960. The third kappa shape index (κ3) is 3.94. The fourth-order valence-electron chi connectivity index (χ4n) is 9.16. The lowest BCUT2D eigenvalue weighted by Gasteiger charge is -2.62. The molecule has 9 atom stereocenters. The highest BCUT2D eigenvalue weighted by molar-refractivity contribution is 7.84. The molecule has 1 N–H and O–H groups in total. The number of aliphatic hydroxyl groups is 1. The van der Waals surface area contributed by atoms with Gasteiger partial charge in [0.25, 0.3) is 0 Å². The van der Waals surface area contributed by atoms with Crippen LogP contribution in [-0.2, 0) is 26.9 Å². The van der Waals surface area contributed by atoms with Crippen molar-refractivity contribution in [2.24, 2.45) is 40.4 Å². The number of methoxy groups -OCH3 is 1. The number of carbonyl (C=O) groups excluding carboxylic acids is 1. The molecule has 0 aliphatic heterocycles. The van der Waals surface area contributed by atoms with E-state index in [1.54, 1.807) is 23.3 Å². The molecule has 4 fully saturated rings. The third-order valence-electron chi connectivity index (χ3n) is 10.7. The standard InChI is InChI=1S/C27H42N2O4S/c1-25(31)11-12-27(17-33-3)18(13-25)5-6-20-21-7-8-23(26(21,2)10-9-22(20)27)24(30)16-29-15-19(14-28-29)34(4)32/h14-15,18,20-23,31H,5-13,16-17H2,1-4H3/t18-,20-,21-,22-,23+,25+,26-,27+,34?/m0/s1. The number of hydrogen-bond acceptors (Lipinski definition) is 5. The van der Waals surface area contributed by atoms with Gasteiger partial charge in [0, 0.05) is 25.5 Å². The van der Waals surface area contributed by atoms with Gasteiger partial charge in [0.1, 0.15) is 0 Å². The van der Waals surface area contributed by atoms with Crippen LogP contribution in [0.3, 0.4) is 0 Å². The minimum absolute atomic E-state index is 0.0586. The number of ketones is 1.